The van der Waals surface area contributed by atoms with Gasteiger partial charge in [0.05, 0.1) is 26.4 Å². The summed E-state index contributed by atoms with van der Waals surface area (Å²) in [5.41, 5.74) is 0. The summed E-state index contributed by atoms with van der Waals surface area (Å²) in [5.74, 6) is -1.31. The van der Waals surface area contributed by atoms with E-state index in [2.05, 4.69) is 34.6 Å². The van der Waals surface area contributed by atoms with E-state index < -0.39 is 97.5 Å². The largest absolute Gasteiger partial charge is 0.472 e. The van der Waals surface area contributed by atoms with Crippen LogP contribution in [0, 0.1) is 5.92 Å². The van der Waals surface area contributed by atoms with Crippen molar-refractivity contribution in [1.29, 1.82) is 0 Å². The molecule has 0 aromatic rings. The van der Waals surface area contributed by atoms with Gasteiger partial charge in [-0.3, -0.25) is 37.3 Å². The van der Waals surface area contributed by atoms with E-state index in [1.807, 2.05) is 0 Å². The first-order valence-corrected chi connectivity index (χ1v) is 40.1. The molecule has 0 aliphatic rings. The molecule has 0 saturated heterocycles. The molecule has 0 fully saturated rings. The van der Waals surface area contributed by atoms with Crippen molar-refractivity contribution in [2.45, 2.75) is 387 Å². The molecule has 0 rings (SSSR count). The number of esters is 4. The molecule has 0 radical (unpaired) electrons. The fraction of sp³-hybridized carbons (Fsp3) is 0.944. The topological polar surface area (TPSA) is 237 Å². The summed E-state index contributed by atoms with van der Waals surface area (Å²) in [6.07, 6.45) is 51.4. The molecule has 17 nitrogen and oxygen atoms in total. The molecule has 0 saturated carbocycles. The second-order valence-corrected chi connectivity index (χ2v) is 29.0. The van der Waals surface area contributed by atoms with Crippen LogP contribution in [0.5, 0.6) is 0 Å². The Morgan fingerprint density at radius 2 is 0.511 bits per heavy atom. The number of unbranched alkanes of at least 4 members (excludes halogenated alkanes) is 43. The van der Waals surface area contributed by atoms with Crippen LogP contribution < -0.4 is 0 Å². The minimum atomic E-state index is -4.95. The molecule has 0 heterocycles. The Labute approximate surface area is 549 Å². The predicted octanol–water partition coefficient (Wildman–Crippen LogP) is 20.5. The lowest BCUT2D eigenvalue weighted by molar-refractivity contribution is -0.161. The zero-order chi connectivity index (χ0) is 66.3. The summed E-state index contributed by atoms with van der Waals surface area (Å²) in [6.45, 7) is 7.24. The Morgan fingerprint density at radius 3 is 0.756 bits per heavy atom. The van der Waals surface area contributed by atoms with Crippen LogP contribution in [0.2, 0.25) is 0 Å². The number of hydrogen-bond donors (Lipinski definition) is 3. The van der Waals surface area contributed by atoms with E-state index in [0.29, 0.717) is 25.7 Å². The van der Waals surface area contributed by atoms with Gasteiger partial charge in [-0.25, -0.2) is 9.13 Å². The fourth-order valence-corrected chi connectivity index (χ4v) is 12.4. The van der Waals surface area contributed by atoms with E-state index in [-0.39, 0.29) is 25.7 Å². The molecule has 0 spiro atoms. The lowest BCUT2D eigenvalue weighted by Crippen LogP contribution is -2.30. The van der Waals surface area contributed by atoms with Crippen LogP contribution in [0.4, 0.5) is 0 Å². The first kappa shape index (κ1) is 88.1. The molecule has 534 valence electrons. The standard InChI is InChI=1S/C71H138O17P2/c1-6-9-12-15-18-20-22-27-32-35-40-45-50-55-69(74)82-61-67(88-71(76)57-52-47-42-37-33-29-26-24-23-25-28-31-34-39-43-48-53-64(4)5)63-86-90(79,80)84-59-65(72)58-83-89(77,78)85-62-66(60-81-68(73)54-49-44-38-17-14-11-8-3)87-70(75)56-51-46-41-36-30-21-19-16-13-10-7-2/h64-67,72H,6-63H2,1-5H3,(H,77,78)(H,79,80)/t65-,66+,67+/m0/s1. The van der Waals surface area contributed by atoms with Crippen LogP contribution >= 0.6 is 15.6 Å². The number of rotatable bonds is 71. The molecular weight excluding hydrogens is 1190 g/mol. The van der Waals surface area contributed by atoms with Crippen LogP contribution in [0.15, 0.2) is 0 Å². The van der Waals surface area contributed by atoms with E-state index in [0.717, 1.165) is 109 Å². The van der Waals surface area contributed by atoms with Gasteiger partial charge in [0, 0.05) is 25.7 Å². The Bertz CT molecular complexity index is 1740. The third-order valence-electron chi connectivity index (χ3n) is 16.5. The lowest BCUT2D eigenvalue weighted by atomic mass is 10.0. The van der Waals surface area contributed by atoms with Gasteiger partial charge < -0.3 is 33.8 Å². The van der Waals surface area contributed by atoms with Crippen molar-refractivity contribution in [1.82, 2.24) is 0 Å². The average Bonchev–Trinajstić information content (AvgIpc) is 3.60. The smallest absolute Gasteiger partial charge is 0.462 e. The maximum atomic E-state index is 13.0. The normalized spacial score (nSPS) is 14.1. The summed E-state index contributed by atoms with van der Waals surface area (Å²) in [4.78, 5) is 72.4. The quantitative estimate of drug-likeness (QED) is 0.0222. The minimum Gasteiger partial charge on any atom is -0.462 e. The molecule has 5 atom stereocenters. The maximum absolute atomic E-state index is 13.0. The highest BCUT2D eigenvalue weighted by atomic mass is 31.2. The third kappa shape index (κ3) is 64.8. The van der Waals surface area contributed by atoms with Crippen LogP contribution in [0.25, 0.3) is 0 Å². The summed E-state index contributed by atoms with van der Waals surface area (Å²) >= 11 is 0. The number of carbonyl (C=O) groups excluding carboxylic acids is 4. The van der Waals surface area contributed by atoms with Gasteiger partial charge in [-0.2, -0.15) is 0 Å². The van der Waals surface area contributed by atoms with Gasteiger partial charge in [0.15, 0.2) is 12.2 Å². The number of phosphoric ester groups is 2. The Morgan fingerprint density at radius 1 is 0.300 bits per heavy atom. The van der Waals surface area contributed by atoms with Crippen molar-refractivity contribution in [3.05, 3.63) is 0 Å². The SMILES string of the molecule is CCCCCCCCCCCCCCCC(=O)OC[C@H](COP(=O)(O)OC[C@@H](O)COP(=O)(O)OC[C@@H](COC(=O)CCCCCCCCC)OC(=O)CCCCCCCCCCCCC)OC(=O)CCCCCCCCCCCCCCCCCCC(C)C. The minimum absolute atomic E-state index is 0.107. The van der Waals surface area contributed by atoms with E-state index in [9.17, 15) is 43.2 Å². The molecule has 0 aliphatic heterocycles. The zero-order valence-electron chi connectivity index (χ0n) is 58.3. The number of ether oxygens (including phenoxy) is 4. The van der Waals surface area contributed by atoms with Gasteiger partial charge in [0.2, 0.25) is 0 Å². The van der Waals surface area contributed by atoms with Gasteiger partial charge >= 0.3 is 39.5 Å². The summed E-state index contributed by atoms with van der Waals surface area (Å²) in [5, 5.41) is 10.6. The van der Waals surface area contributed by atoms with Crippen LogP contribution in [-0.2, 0) is 65.4 Å². The average molecular weight is 1330 g/mol. The van der Waals surface area contributed by atoms with Gasteiger partial charge in [0.1, 0.15) is 19.3 Å². The van der Waals surface area contributed by atoms with Crippen molar-refractivity contribution in [2.24, 2.45) is 5.92 Å². The zero-order valence-corrected chi connectivity index (χ0v) is 60.1. The number of aliphatic hydroxyl groups excluding tert-OH is 1. The summed E-state index contributed by atoms with van der Waals surface area (Å²) < 4.78 is 68.2. The van der Waals surface area contributed by atoms with Gasteiger partial charge in [-0.15, -0.1) is 0 Å². The first-order chi connectivity index (χ1) is 43.5. The van der Waals surface area contributed by atoms with Crippen molar-refractivity contribution in [3.63, 3.8) is 0 Å². The molecule has 0 aromatic heterocycles. The molecule has 2 unspecified atom stereocenters. The number of aliphatic hydroxyl groups is 1. The number of phosphoric acid groups is 2. The highest BCUT2D eigenvalue weighted by Gasteiger charge is 2.30. The van der Waals surface area contributed by atoms with Crippen LogP contribution in [-0.4, -0.2) is 96.7 Å². The van der Waals surface area contributed by atoms with Crippen LogP contribution in [0.3, 0.4) is 0 Å². The Hall–Kier alpha value is -1.94. The van der Waals surface area contributed by atoms with E-state index >= 15 is 0 Å². The maximum Gasteiger partial charge on any atom is 0.472 e. The van der Waals surface area contributed by atoms with Crippen molar-refractivity contribution in [2.75, 3.05) is 39.6 Å². The van der Waals surface area contributed by atoms with Gasteiger partial charge in [0.25, 0.3) is 0 Å². The molecule has 3 N–H and O–H groups in total. The van der Waals surface area contributed by atoms with Gasteiger partial charge in [-0.1, -0.05) is 317 Å². The Balaban J connectivity index is 5.17. The van der Waals surface area contributed by atoms with E-state index in [1.54, 1.807) is 0 Å². The summed E-state index contributed by atoms with van der Waals surface area (Å²) in [6, 6.07) is 0. The second-order valence-electron chi connectivity index (χ2n) is 26.1. The number of hydrogen-bond acceptors (Lipinski definition) is 15. The van der Waals surface area contributed by atoms with Crippen molar-refractivity contribution in [3.8, 4) is 0 Å². The first-order valence-electron chi connectivity index (χ1n) is 37.1. The fourth-order valence-electron chi connectivity index (χ4n) is 10.8. The molecule has 0 bridgehead atoms. The van der Waals surface area contributed by atoms with Gasteiger partial charge in [-0.05, 0) is 31.6 Å². The van der Waals surface area contributed by atoms with Crippen LogP contribution in [0.1, 0.15) is 369 Å². The molecule has 19 heteroatoms. The molecule has 0 aliphatic carbocycles. The monoisotopic (exact) mass is 1320 g/mol. The Kier molecular flexibility index (Phi) is 63.0. The number of carbonyl (C=O) groups is 4. The summed E-state index contributed by atoms with van der Waals surface area (Å²) in [7, 11) is -9.89. The van der Waals surface area contributed by atoms with Crippen molar-refractivity contribution < 1.29 is 80.2 Å². The second kappa shape index (κ2) is 64.4. The highest BCUT2D eigenvalue weighted by molar-refractivity contribution is 7.47. The molecular formula is C71H138O17P2. The van der Waals surface area contributed by atoms with E-state index in [1.165, 1.54) is 180 Å². The molecule has 0 amide bonds. The van der Waals surface area contributed by atoms with E-state index in [4.69, 9.17) is 37.0 Å². The highest BCUT2D eigenvalue weighted by Crippen LogP contribution is 2.45. The lowest BCUT2D eigenvalue weighted by Gasteiger charge is -2.21. The third-order valence-corrected chi connectivity index (χ3v) is 18.4. The molecule has 0 aromatic carbocycles. The molecule has 90 heavy (non-hydrogen) atoms. The van der Waals surface area contributed by atoms with Crippen molar-refractivity contribution >= 4 is 39.5 Å². The predicted molar refractivity (Wildman–Crippen MR) is 363 cm³/mol.